The molecular formula is C15H11ClF2O2. The summed E-state index contributed by atoms with van der Waals surface area (Å²) in [4.78, 5) is 0. The van der Waals surface area contributed by atoms with E-state index in [9.17, 15) is 13.9 Å². The third-order valence-corrected chi connectivity index (χ3v) is 3.53. The Bertz CT molecular complexity index is 640. The van der Waals surface area contributed by atoms with Gasteiger partial charge in [-0.25, -0.2) is 8.78 Å². The lowest BCUT2D eigenvalue weighted by Gasteiger charge is -2.30. The number of ether oxygens (including phenoxy) is 1. The Morgan fingerprint density at radius 3 is 2.50 bits per heavy atom. The van der Waals surface area contributed by atoms with E-state index in [1.165, 1.54) is 12.1 Å². The van der Waals surface area contributed by atoms with Gasteiger partial charge < -0.3 is 9.84 Å². The van der Waals surface area contributed by atoms with E-state index in [0.29, 0.717) is 21.9 Å². The molecule has 0 saturated heterocycles. The summed E-state index contributed by atoms with van der Waals surface area (Å²) in [5.41, 5.74) is 0.952. The van der Waals surface area contributed by atoms with E-state index >= 15 is 0 Å². The Hall–Kier alpha value is -1.65. The highest BCUT2D eigenvalue weighted by Gasteiger charge is 2.28. The summed E-state index contributed by atoms with van der Waals surface area (Å²) in [6.07, 6.45) is -1.16. The summed E-state index contributed by atoms with van der Waals surface area (Å²) in [6, 6.07) is 8.13. The normalized spacial score (nSPS) is 21.2. The topological polar surface area (TPSA) is 29.5 Å². The van der Waals surface area contributed by atoms with E-state index in [1.807, 2.05) is 0 Å². The van der Waals surface area contributed by atoms with Gasteiger partial charge in [0.15, 0.2) is 0 Å². The number of hydrogen-bond acceptors (Lipinski definition) is 2. The molecule has 0 spiro atoms. The first kappa shape index (κ1) is 13.3. The van der Waals surface area contributed by atoms with Crippen molar-refractivity contribution >= 4 is 11.6 Å². The lowest BCUT2D eigenvalue weighted by Crippen LogP contribution is -2.19. The molecule has 0 fully saturated rings. The average molecular weight is 297 g/mol. The molecule has 0 amide bonds. The monoisotopic (exact) mass is 296 g/mol. The largest absolute Gasteiger partial charge is 0.485 e. The fourth-order valence-corrected chi connectivity index (χ4v) is 2.56. The Morgan fingerprint density at radius 2 is 1.80 bits per heavy atom. The van der Waals surface area contributed by atoms with Crippen LogP contribution in [0.15, 0.2) is 36.4 Å². The third-order valence-electron chi connectivity index (χ3n) is 3.29. The molecule has 0 radical (unpaired) electrons. The minimum Gasteiger partial charge on any atom is -0.485 e. The van der Waals surface area contributed by atoms with Crippen LogP contribution in [0.5, 0.6) is 5.75 Å². The molecule has 2 unspecified atom stereocenters. The molecule has 1 N–H and O–H groups in total. The number of fused-ring (bicyclic) bond motifs is 1. The molecule has 5 heteroatoms. The molecule has 2 aromatic rings. The van der Waals surface area contributed by atoms with Gasteiger partial charge in [0.05, 0.1) is 6.10 Å². The van der Waals surface area contributed by atoms with Crippen molar-refractivity contribution in [1.29, 1.82) is 0 Å². The summed E-state index contributed by atoms with van der Waals surface area (Å²) in [5, 5.41) is 10.6. The quantitative estimate of drug-likeness (QED) is 0.855. The fraction of sp³-hybridized carbons (Fsp3) is 0.200. The number of rotatable bonds is 1. The maximum atomic E-state index is 13.3. The van der Waals surface area contributed by atoms with E-state index in [-0.39, 0.29) is 6.42 Å². The molecule has 3 rings (SSSR count). The van der Waals surface area contributed by atoms with Crippen LogP contribution >= 0.6 is 11.6 Å². The molecule has 2 aromatic carbocycles. The van der Waals surface area contributed by atoms with E-state index in [1.54, 1.807) is 18.2 Å². The van der Waals surface area contributed by atoms with Crippen LogP contribution in [-0.4, -0.2) is 5.11 Å². The highest BCUT2D eigenvalue weighted by molar-refractivity contribution is 6.30. The van der Waals surface area contributed by atoms with Crippen LogP contribution in [0.4, 0.5) is 8.78 Å². The highest BCUT2D eigenvalue weighted by Crippen LogP contribution is 2.41. The first-order chi connectivity index (χ1) is 9.52. The van der Waals surface area contributed by atoms with Crippen molar-refractivity contribution in [2.45, 2.75) is 18.6 Å². The number of halogens is 3. The average Bonchev–Trinajstić information content (AvgIpc) is 2.38. The number of hydrogen-bond donors (Lipinski definition) is 1. The minimum atomic E-state index is -0.784. The molecule has 0 aliphatic carbocycles. The standard InChI is InChI=1S/C15H11ClF2O2/c16-9-1-2-14-12(5-9)13(19)7-15(20-14)8-3-10(17)6-11(18)4-8/h1-6,13,15,19H,7H2. The van der Waals surface area contributed by atoms with Crippen LogP contribution in [0, 0.1) is 11.6 Å². The maximum Gasteiger partial charge on any atom is 0.127 e. The van der Waals surface area contributed by atoms with Gasteiger partial charge in [0.25, 0.3) is 0 Å². The van der Waals surface area contributed by atoms with Gasteiger partial charge in [0.1, 0.15) is 23.5 Å². The predicted octanol–water partition coefficient (Wildman–Crippen LogP) is 4.18. The van der Waals surface area contributed by atoms with Gasteiger partial charge in [0, 0.05) is 23.1 Å². The van der Waals surface area contributed by atoms with E-state index in [4.69, 9.17) is 16.3 Å². The molecule has 1 aliphatic heterocycles. The number of aliphatic hydroxyl groups excluding tert-OH is 1. The fourth-order valence-electron chi connectivity index (χ4n) is 2.38. The maximum absolute atomic E-state index is 13.3. The van der Waals surface area contributed by atoms with Gasteiger partial charge in [-0.05, 0) is 35.9 Å². The molecule has 2 atom stereocenters. The van der Waals surface area contributed by atoms with Crippen molar-refractivity contribution in [2.75, 3.05) is 0 Å². The summed E-state index contributed by atoms with van der Waals surface area (Å²) in [5.74, 6) is -0.859. The third kappa shape index (κ3) is 2.49. The lowest BCUT2D eigenvalue weighted by atomic mass is 9.95. The zero-order chi connectivity index (χ0) is 14.3. The van der Waals surface area contributed by atoms with Crippen molar-refractivity contribution < 1.29 is 18.6 Å². The van der Waals surface area contributed by atoms with E-state index < -0.39 is 23.8 Å². The van der Waals surface area contributed by atoms with Crippen molar-refractivity contribution in [3.63, 3.8) is 0 Å². The Kier molecular flexibility index (Phi) is 3.36. The minimum absolute atomic E-state index is 0.218. The van der Waals surface area contributed by atoms with E-state index in [0.717, 1.165) is 6.07 Å². The smallest absolute Gasteiger partial charge is 0.127 e. The molecule has 0 saturated carbocycles. The van der Waals surface area contributed by atoms with Gasteiger partial charge in [0.2, 0.25) is 0 Å². The van der Waals surface area contributed by atoms with Crippen molar-refractivity contribution in [3.8, 4) is 5.75 Å². The van der Waals surface area contributed by atoms with Gasteiger partial charge in [-0.15, -0.1) is 0 Å². The molecule has 104 valence electrons. The first-order valence-electron chi connectivity index (χ1n) is 6.13. The van der Waals surface area contributed by atoms with Crippen LogP contribution in [0.25, 0.3) is 0 Å². The summed E-state index contributed by atoms with van der Waals surface area (Å²) < 4.78 is 32.2. The molecule has 1 aliphatic rings. The van der Waals surface area contributed by atoms with Crippen LogP contribution in [-0.2, 0) is 0 Å². The SMILES string of the molecule is OC1CC(c2cc(F)cc(F)c2)Oc2ccc(Cl)cc21. The zero-order valence-electron chi connectivity index (χ0n) is 10.3. The zero-order valence-corrected chi connectivity index (χ0v) is 11.1. The van der Waals surface area contributed by atoms with Gasteiger partial charge in [-0.2, -0.15) is 0 Å². The summed E-state index contributed by atoms with van der Waals surface area (Å²) in [7, 11) is 0. The number of benzene rings is 2. The van der Waals surface area contributed by atoms with E-state index in [2.05, 4.69) is 0 Å². The molecule has 1 heterocycles. The molecule has 2 nitrogen and oxygen atoms in total. The van der Waals surface area contributed by atoms with Crippen molar-refractivity contribution in [1.82, 2.24) is 0 Å². The Balaban J connectivity index is 1.96. The Morgan fingerprint density at radius 1 is 1.10 bits per heavy atom. The highest BCUT2D eigenvalue weighted by atomic mass is 35.5. The first-order valence-corrected chi connectivity index (χ1v) is 6.51. The Labute approximate surface area is 119 Å². The van der Waals surface area contributed by atoms with Gasteiger partial charge >= 0.3 is 0 Å². The van der Waals surface area contributed by atoms with Crippen molar-refractivity contribution in [3.05, 3.63) is 64.2 Å². The molecule has 20 heavy (non-hydrogen) atoms. The van der Waals surface area contributed by atoms with Crippen LogP contribution in [0.2, 0.25) is 5.02 Å². The predicted molar refractivity (Wildman–Crippen MR) is 70.8 cm³/mol. The number of aliphatic hydroxyl groups is 1. The van der Waals surface area contributed by atoms with Gasteiger partial charge in [-0.3, -0.25) is 0 Å². The second kappa shape index (κ2) is 5.04. The molecule has 0 aromatic heterocycles. The van der Waals surface area contributed by atoms with Crippen LogP contribution < -0.4 is 4.74 Å². The lowest BCUT2D eigenvalue weighted by molar-refractivity contribution is 0.0654. The molecular weight excluding hydrogens is 286 g/mol. The summed E-state index contributed by atoms with van der Waals surface area (Å²) in [6.45, 7) is 0. The molecule has 0 bridgehead atoms. The van der Waals surface area contributed by atoms with Crippen molar-refractivity contribution in [2.24, 2.45) is 0 Å². The van der Waals surface area contributed by atoms with Gasteiger partial charge in [-0.1, -0.05) is 11.6 Å². The second-order valence-electron chi connectivity index (χ2n) is 4.74. The second-order valence-corrected chi connectivity index (χ2v) is 5.18. The summed E-state index contributed by atoms with van der Waals surface area (Å²) >= 11 is 5.87. The van der Waals surface area contributed by atoms with Crippen LogP contribution in [0.1, 0.15) is 29.8 Å². The van der Waals surface area contributed by atoms with Crippen LogP contribution in [0.3, 0.4) is 0 Å².